The zero-order chi connectivity index (χ0) is 17.8. The molecule has 0 aliphatic carbocycles. The van der Waals surface area contributed by atoms with Crippen molar-refractivity contribution in [3.63, 3.8) is 0 Å². The molecule has 0 saturated carbocycles. The Balaban J connectivity index is 1.56. The van der Waals surface area contributed by atoms with Gasteiger partial charge < -0.3 is 15.1 Å². The summed E-state index contributed by atoms with van der Waals surface area (Å²) >= 11 is 0. The number of urea groups is 1. The van der Waals surface area contributed by atoms with Crippen LogP contribution in [0.2, 0.25) is 0 Å². The zero-order valence-corrected chi connectivity index (χ0v) is 15.3. The van der Waals surface area contributed by atoms with Gasteiger partial charge in [0.05, 0.1) is 0 Å². The van der Waals surface area contributed by atoms with E-state index < -0.39 is 0 Å². The molecule has 0 aromatic heterocycles. The third kappa shape index (κ3) is 4.13. The van der Waals surface area contributed by atoms with Crippen LogP contribution in [0.15, 0.2) is 48.5 Å². The van der Waals surface area contributed by atoms with E-state index in [0.717, 1.165) is 37.4 Å². The second kappa shape index (κ2) is 7.60. The Bertz CT molecular complexity index is 716. The summed E-state index contributed by atoms with van der Waals surface area (Å²) in [4.78, 5) is 16.7. The van der Waals surface area contributed by atoms with Crippen LogP contribution in [0.5, 0.6) is 0 Å². The van der Waals surface area contributed by atoms with E-state index in [1.165, 1.54) is 11.3 Å². The van der Waals surface area contributed by atoms with Gasteiger partial charge in [-0.25, -0.2) is 4.79 Å². The van der Waals surface area contributed by atoms with Gasteiger partial charge in [0.2, 0.25) is 0 Å². The fourth-order valence-electron chi connectivity index (χ4n) is 3.15. The van der Waals surface area contributed by atoms with Crippen LogP contribution >= 0.6 is 0 Å². The molecule has 1 N–H and O–H groups in total. The van der Waals surface area contributed by atoms with Gasteiger partial charge in [0, 0.05) is 37.6 Å². The molecule has 0 radical (unpaired) electrons. The summed E-state index contributed by atoms with van der Waals surface area (Å²) < 4.78 is 0. The van der Waals surface area contributed by atoms with Crippen LogP contribution in [0.25, 0.3) is 0 Å². The number of nitrogens with zero attached hydrogens (tertiary/aromatic N) is 2. The van der Waals surface area contributed by atoms with Gasteiger partial charge in [-0.15, -0.1) is 0 Å². The third-order valence-electron chi connectivity index (χ3n) is 4.88. The molecule has 4 nitrogen and oxygen atoms in total. The van der Waals surface area contributed by atoms with Crippen LogP contribution in [-0.2, 0) is 0 Å². The van der Waals surface area contributed by atoms with Crippen molar-refractivity contribution in [3.05, 3.63) is 59.7 Å². The van der Waals surface area contributed by atoms with E-state index in [4.69, 9.17) is 0 Å². The van der Waals surface area contributed by atoms with Crippen LogP contribution in [-0.4, -0.2) is 37.1 Å². The predicted molar refractivity (Wildman–Crippen MR) is 105 cm³/mol. The van der Waals surface area contributed by atoms with E-state index in [9.17, 15) is 4.79 Å². The molecule has 4 heteroatoms. The maximum Gasteiger partial charge on any atom is 0.321 e. The molecule has 2 aromatic carbocycles. The van der Waals surface area contributed by atoms with Crippen LogP contribution in [0.3, 0.4) is 0 Å². The molecule has 0 bridgehead atoms. The number of amides is 2. The number of hydrogen-bond acceptors (Lipinski definition) is 2. The smallest absolute Gasteiger partial charge is 0.321 e. The monoisotopic (exact) mass is 337 g/mol. The topological polar surface area (TPSA) is 35.6 Å². The Morgan fingerprint density at radius 1 is 0.960 bits per heavy atom. The molecule has 1 aliphatic rings. The summed E-state index contributed by atoms with van der Waals surface area (Å²) in [5.74, 6) is 0.552. The summed E-state index contributed by atoms with van der Waals surface area (Å²) in [7, 11) is 0. The van der Waals surface area contributed by atoms with Gasteiger partial charge in [-0.1, -0.05) is 44.2 Å². The highest BCUT2D eigenvalue weighted by atomic mass is 16.2. The first-order valence-electron chi connectivity index (χ1n) is 9.01. The molecule has 3 rings (SSSR count). The molecule has 2 aromatic rings. The molecule has 1 aliphatic heterocycles. The normalized spacial score (nSPS) is 14.7. The van der Waals surface area contributed by atoms with Crippen LogP contribution in [0.1, 0.15) is 30.9 Å². The number of rotatable bonds is 3. The maximum absolute atomic E-state index is 12.5. The number of carbonyl (C=O) groups excluding carboxylic acids is 1. The number of para-hydroxylation sites is 1. The molecule has 1 heterocycles. The fourth-order valence-corrected chi connectivity index (χ4v) is 3.15. The number of piperazine rings is 1. The van der Waals surface area contributed by atoms with E-state index in [1.807, 2.05) is 36.1 Å². The minimum Gasteiger partial charge on any atom is -0.368 e. The summed E-state index contributed by atoms with van der Waals surface area (Å²) in [5, 5.41) is 3.02. The minimum absolute atomic E-state index is 0.0101. The van der Waals surface area contributed by atoms with E-state index >= 15 is 0 Å². The lowest BCUT2D eigenvalue weighted by Gasteiger charge is -2.36. The Morgan fingerprint density at radius 2 is 1.60 bits per heavy atom. The van der Waals surface area contributed by atoms with Gasteiger partial charge in [0.25, 0.3) is 0 Å². The molecular formula is C21H27N3O. The fraction of sp³-hybridized carbons (Fsp3) is 0.381. The molecule has 132 valence electrons. The van der Waals surface area contributed by atoms with Gasteiger partial charge in [-0.3, -0.25) is 0 Å². The van der Waals surface area contributed by atoms with E-state index in [1.54, 1.807) is 0 Å². The number of nitrogens with one attached hydrogen (secondary N) is 1. The van der Waals surface area contributed by atoms with Crippen molar-refractivity contribution in [1.82, 2.24) is 4.90 Å². The molecule has 0 unspecified atom stereocenters. The van der Waals surface area contributed by atoms with Gasteiger partial charge in [-0.2, -0.15) is 0 Å². The Kier molecular flexibility index (Phi) is 5.27. The van der Waals surface area contributed by atoms with Crippen molar-refractivity contribution in [1.29, 1.82) is 0 Å². The van der Waals surface area contributed by atoms with Gasteiger partial charge in [-0.05, 0) is 42.2 Å². The first-order valence-corrected chi connectivity index (χ1v) is 9.01. The van der Waals surface area contributed by atoms with Crippen molar-refractivity contribution in [2.45, 2.75) is 26.7 Å². The lowest BCUT2D eigenvalue weighted by molar-refractivity contribution is 0.208. The number of benzene rings is 2. The highest BCUT2D eigenvalue weighted by Gasteiger charge is 2.21. The summed E-state index contributed by atoms with van der Waals surface area (Å²) in [5.41, 5.74) is 4.57. The average molecular weight is 337 g/mol. The molecule has 25 heavy (non-hydrogen) atoms. The summed E-state index contributed by atoms with van der Waals surface area (Å²) in [6, 6.07) is 16.7. The third-order valence-corrected chi connectivity index (χ3v) is 4.88. The van der Waals surface area contributed by atoms with Gasteiger partial charge >= 0.3 is 6.03 Å². The van der Waals surface area contributed by atoms with Crippen molar-refractivity contribution in [2.75, 3.05) is 36.4 Å². The van der Waals surface area contributed by atoms with E-state index in [-0.39, 0.29) is 6.03 Å². The largest absolute Gasteiger partial charge is 0.368 e. The second-order valence-corrected chi connectivity index (χ2v) is 6.97. The van der Waals surface area contributed by atoms with E-state index in [0.29, 0.717) is 5.92 Å². The van der Waals surface area contributed by atoms with Crippen molar-refractivity contribution >= 4 is 17.4 Å². The number of aryl methyl sites for hydroxylation is 1. The Labute approximate surface area is 150 Å². The lowest BCUT2D eigenvalue weighted by atomic mass is 10.0. The van der Waals surface area contributed by atoms with Crippen LogP contribution in [0, 0.1) is 6.92 Å². The Hall–Kier alpha value is -2.49. The van der Waals surface area contributed by atoms with Crippen molar-refractivity contribution in [3.8, 4) is 0 Å². The van der Waals surface area contributed by atoms with Crippen molar-refractivity contribution in [2.24, 2.45) is 0 Å². The van der Waals surface area contributed by atoms with Crippen LogP contribution < -0.4 is 10.2 Å². The van der Waals surface area contributed by atoms with Crippen LogP contribution in [0.4, 0.5) is 16.2 Å². The van der Waals surface area contributed by atoms with Gasteiger partial charge in [0.1, 0.15) is 0 Å². The lowest BCUT2D eigenvalue weighted by Crippen LogP contribution is -2.50. The zero-order valence-electron chi connectivity index (χ0n) is 15.3. The summed E-state index contributed by atoms with van der Waals surface area (Å²) in [6.07, 6.45) is 0. The van der Waals surface area contributed by atoms with E-state index in [2.05, 4.69) is 48.3 Å². The molecule has 0 atom stereocenters. The number of hydrogen-bond donors (Lipinski definition) is 1. The standard InChI is InChI=1S/C21H27N3O/c1-16(2)18-8-10-19(11-9-18)23-12-14-24(15-13-23)21(25)22-20-7-5-4-6-17(20)3/h4-11,16H,12-15H2,1-3H3,(H,22,25). The highest BCUT2D eigenvalue weighted by Crippen LogP contribution is 2.21. The average Bonchev–Trinajstić information content (AvgIpc) is 2.64. The second-order valence-electron chi connectivity index (χ2n) is 6.97. The van der Waals surface area contributed by atoms with Crippen molar-refractivity contribution < 1.29 is 4.79 Å². The quantitative estimate of drug-likeness (QED) is 0.897. The number of anilines is 2. The Morgan fingerprint density at radius 3 is 2.20 bits per heavy atom. The summed E-state index contributed by atoms with van der Waals surface area (Å²) in [6.45, 7) is 9.63. The first-order chi connectivity index (χ1) is 12.0. The van der Waals surface area contributed by atoms with Gasteiger partial charge in [0.15, 0.2) is 0 Å². The number of carbonyl (C=O) groups is 1. The molecule has 1 fully saturated rings. The SMILES string of the molecule is Cc1ccccc1NC(=O)N1CCN(c2ccc(C(C)C)cc2)CC1. The minimum atomic E-state index is -0.0101. The maximum atomic E-state index is 12.5. The molecule has 0 spiro atoms. The molecule has 1 saturated heterocycles. The highest BCUT2D eigenvalue weighted by molar-refractivity contribution is 5.90. The molecular weight excluding hydrogens is 310 g/mol. The first kappa shape index (κ1) is 17.3. The molecule has 2 amide bonds. The predicted octanol–water partition coefficient (Wildman–Crippen LogP) is 4.47.